The van der Waals surface area contributed by atoms with Gasteiger partial charge in [-0.2, -0.15) is 0 Å². The summed E-state index contributed by atoms with van der Waals surface area (Å²) in [6.45, 7) is 0.147. The lowest BCUT2D eigenvalue weighted by Gasteiger charge is -2.12. The lowest BCUT2D eigenvalue weighted by atomic mass is 10.1. The Morgan fingerprint density at radius 3 is 3.00 bits per heavy atom. The molecule has 1 aliphatic rings. The van der Waals surface area contributed by atoms with Crippen LogP contribution in [0.1, 0.15) is 17.8 Å². The van der Waals surface area contributed by atoms with E-state index < -0.39 is 0 Å². The Hall–Kier alpha value is -1.72. The molecule has 0 saturated heterocycles. The number of hydrogen-bond acceptors (Lipinski definition) is 4. The van der Waals surface area contributed by atoms with Crippen LogP contribution in [-0.4, -0.2) is 28.6 Å². The van der Waals surface area contributed by atoms with Crippen molar-refractivity contribution in [3.8, 4) is 0 Å². The number of aryl methyl sites for hydroxylation is 1. The first-order valence-electron chi connectivity index (χ1n) is 7.17. The van der Waals surface area contributed by atoms with Crippen LogP contribution in [0.4, 0.5) is 0 Å². The number of aliphatic hydroxyl groups is 1. The van der Waals surface area contributed by atoms with Gasteiger partial charge >= 0.3 is 0 Å². The standard InChI is InChI=1S/C16H18N2O2S/c19-10-11-5-6-12(9-11)17-15(20)7-8-16-18-13-3-1-2-4-14(13)21-16/h1-6,11-12,19H,7-10H2,(H,17,20)/t11-,12+/m0/s1. The van der Waals surface area contributed by atoms with Gasteiger partial charge in [-0.05, 0) is 18.6 Å². The number of rotatable bonds is 5. The molecule has 2 aromatic rings. The van der Waals surface area contributed by atoms with E-state index in [9.17, 15) is 4.79 Å². The van der Waals surface area contributed by atoms with Gasteiger partial charge in [0.05, 0.1) is 15.2 Å². The fraction of sp³-hybridized carbons (Fsp3) is 0.375. The first-order valence-corrected chi connectivity index (χ1v) is 7.99. The zero-order valence-electron chi connectivity index (χ0n) is 11.7. The minimum Gasteiger partial charge on any atom is -0.396 e. The highest BCUT2D eigenvalue weighted by Gasteiger charge is 2.19. The van der Waals surface area contributed by atoms with Crippen LogP contribution in [0.25, 0.3) is 10.2 Å². The normalized spacial score (nSPS) is 21.0. The monoisotopic (exact) mass is 302 g/mol. The average Bonchev–Trinajstić information content (AvgIpc) is 3.10. The Morgan fingerprint density at radius 1 is 1.38 bits per heavy atom. The topological polar surface area (TPSA) is 62.2 Å². The first kappa shape index (κ1) is 14.2. The largest absolute Gasteiger partial charge is 0.396 e. The number of fused-ring (bicyclic) bond motifs is 1. The van der Waals surface area contributed by atoms with Crippen LogP contribution in [0, 0.1) is 5.92 Å². The molecule has 4 nitrogen and oxygen atoms in total. The fourth-order valence-electron chi connectivity index (χ4n) is 2.54. The summed E-state index contributed by atoms with van der Waals surface area (Å²) < 4.78 is 1.16. The van der Waals surface area contributed by atoms with Crippen molar-refractivity contribution in [3.63, 3.8) is 0 Å². The number of amides is 1. The molecule has 1 aromatic carbocycles. The third-order valence-corrected chi connectivity index (χ3v) is 4.75. The molecule has 0 spiro atoms. The highest BCUT2D eigenvalue weighted by atomic mass is 32.1. The number of aromatic nitrogens is 1. The quantitative estimate of drug-likeness (QED) is 0.833. The van der Waals surface area contributed by atoms with E-state index in [1.54, 1.807) is 11.3 Å². The molecule has 1 amide bonds. The number of nitrogens with one attached hydrogen (secondary N) is 1. The van der Waals surface area contributed by atoms with Crippen molar-refractivity contribution in [1.82, 2.24) is 10.3 Å². The summed E-state index contributed by atoms with van der Waals surface area (Å²) in [4.78, 5) is 16.5. The van der Waals surface area contributed by atoms with Crippen LogP contribution in [0.15, 0.2) is 36.4 Å². The molecule has 2 atom stereocenters. The Morgan fingerprint density at radius 2 is 2.24 bits per heavy atom. The van der Waals surface area contributed by atoms with E-state index in [4.69, 9.17) is 5.11 Å². The molecule has 0 fully saturated rings. The number of benzene rings is 1. The van der Waals surface area contributed by atoms with Gasteiger partial charge in [0.15, 0.2) is 0 Å². The summed E-state index contributed by atoms with van der Waals surface area (Å²) in [7, 11) is 0. The van der Waals surface area contributed by atoms with E-state index >= 15 is 0 Å². The van der Waals surface area contributed by atoms with Gasteiger partial charge in [0.25, 0.3) is 0 Å². The Bertz CT molecular complexity index is 632. The van der Waals surface area contributed by atoms with Crippen LogP contribution >= 0.6 is 11.3 Å². The molecular formula is C16H18N2O2S. The van der Waals surface area contributed by atoms with Crippen molar-refractivity contribution in [2.24, 2.45) is 5.92 Å². The predicted octanol–water partition coefficient (Wildman–Crippen LogP) is 2.28. The molecule has 3 rings (SSSR count). The molecular weight excluding hydrogens is 284 g/mol. The van der Waals surface area contributed by atoms with E-state index in [0.717, 1.165) is 21.6 Å². The van der Waals surface area contributed by atoms with Crippen molar-refractivity contribution in [3.05, 3.63) is 41.4 Å². The second-order valence-electron chi connectivity index (χ2n) is 5.31. The molecule has 21 heavy (non-hydrogen) atoms. The van der Waals surface area contributed by atoms with Crippen molar-refractivity contribution < 1.29 is 9.90 Å². The van der Waals surface area contributed by atoms with Gasteiger partial charge < -0.3 is 10.4 Å². The van der Waals surface area contributed by atoms with Crippen LogP contribution in [0.3, 0.4) is 0 Å². The number of nitrogens with zero attached hydrogens (tertiary/aromatic N) is 1. The maximum atomic E-state index is 12.0. The number of carbonyl (C=O) groups is 1. The lowest BCUT2D eigenvalue weighted by molar-refractivity contribution is -0.121. The SMILES string of the molecule is O=C(CCc1nc2ccccc2s1)N[C@@H]1C=C[C@H](CO)C1. The second-order valence-corrected chi connectivity index (χ2v) is 6.43. The highest BCUT2D eigenvalue weighted by molar-refractivity contribution is 7.18. The zero-order chi connectivity index (χ0) is 14.7. The molecule has 110 valence electrons. The third-order valence-electron chi connectivity index (χ3n) is 3.66. The maximum absolute atomic E-state index is 12.0. The fourth-order valence-corrected chi connectivity index (χ4v) is 3.51. The second kappa shape index (κ2) is 6.37. The van der Waals surface area contributed by atoms with Gasteiger partial charge in [-0.1, -0.05) is 24.3 Å². The summed E-state index contributed by atoms with van der Waals surface area (Å²) >= 11 is 1.65. The summed E-state index contributed by atoms with van der Waals surface area (Å²) in [6, 6.07) is 8.08. The van der Waals surface area contributed by atoms with Crippen LogP contribution in [-0.2, 0) is 11.2 Å². The van der Waals surface area contributed by atoms with Crippen LogP contribution in [0.5, 0.6) is 0 Å². The molecule has 0 unspecified atom stereocenters. The van der Waals surface area contributed by atoms with Crippen LogP contribution in [0.2, 0.25) is 0 Å². The van der Waals surface area contributed by atoms with Gasteiger partial charge in [0, 0.05) is 31.4 Å². The minimum absolute atomic E-state index is 0.0440. The van der Waals surface area contributed by atoms with Crippen LogP contribution < -0.4 is 5.32 Å². The van der Waals surface area contributed by atoms with Gasteiger partial charge in [-0.3, -0.25) is 4.79 Å². The number of para-hydroxylation sites is 1. The Labute approximate surface area is 127 Å². The molecule has 0 aliphatic heterocycles. The van der Waals surface area contributed by atoms with E-state index in [1.807, 2.05) is 30.4 Å². The minimum atomic E-state index is 0.0440. The molecule has 1 aromatic heterocycles. The number of carbonyl (C=O) groups excluding carboxylic acids is 1. The molecule has 1 aliphatic carbocycles. The van der Waals surface area contributed by atoms with Gasteiger partial charge in [0.1, 0.15) is 0 Å². The van der Waals surface area contributed by atoms with E-state index in [2.05, 4.69) is 16.4 Å². The van der Waals surface area contributed by atoms with Crippen molar-refractivity contribution >= 4 is 27.5 Å². The van der Waals surface area contributed by atoms with Gasteiger partial charge in [0.2, 0.25) is 5.91 Å². The summed E-state index contributed by atoms with van der Waals surface area (Å²) in [5.74, 6) is 0.224. The summed E-state index contributed by atoms with van der Waals surface area (Å²) in [6.07, 6.45) is 5.86. The van der Waals surface area contributed by atoms with E-state index in [-0.39, 0.29) is 24.5 Å². The predicted molar refractivity (Wildman–Crippen MR) is 84.2 cm³/mol. The van der Waals surface area contributed by atoms with Gasteiger partial charge in [-0.15, -0.1) is 11.3 Å². The van der Waals surface area contributed by atoms with E-state index in [1.165, 1.54) is 0 Å². The lowest BCUT2D eigenvalue weighted by Crippen LogP contribution is -2.33. The maximum Gasteiger partial charge on any atom is 0.220 e. The van der Waals surface area contributed by atoms with E-state index in [0.29, 0.717) is 12.8 Å². The molecule has 0 bridgehead atoms. The molecule has 2 N–H and O–H groups in total. The smallest absolute Gasteiger partial charge is 0.220 e. The third kappa shape index (κ3) is 3.49. The zero-order valence-corrected chi connectivity index (χ0v) is 12.5. The highest BCUT2D eigenvalue weighted by Crippen LogP contribution is 2.22. The van der Waals surface area contributed by atoms with Crippen molar-refractivity contribution in [2.75, 3.05) is 6.61 Å². The number of aliphatic hydroxyl groups excluding tert-OH is 1. The average molecular weight is 302 g/mol. The number of thiazole rings is 1. The first-order chi connectivity index (χ1) is 10.2. The molecule has 0 radical (unpaired) electrons. The molecule has 1 heterocycles. The molecule has 0 saturated carbocycles. The molecule has 5 heteroatoms. The number of hydrogen-bond donors (Lipinski definition) is 2. The van der Waals surface area contributed by atoms with Gasteiger partial charge in [-0.25, -0.2) is 4.98 Å². The Balaban J connectivity index is 1.50. The van der Waals surface area contributed by atoms with Crippen molar-refractivity contribution in [2.45, 2.75) is 25.3 Å². The summed E-state index contributed by atoms with van der Waals surface area (Å²) in [5.41, 5.74) is 1.00. The summed E-state index contributed by atoms with van der Waals surface area (Å²) in [5, 5.41) is 13.1. The van der Waals surface area contributed by atoms with Crippen molar-refractivity contribution in [1.29, 1.82) is 0 Å². The Kier molecular flexibility index (Phi) is 4.31.